The van der Waals surface area contributed by atoms with Crippen LogP contribution in [0, 0.1) is 12.8 Å². The molecule has 1 aromatic carbocycles. The van der Waals surface area contributed by atoms with Gasteiger partial charge in [-0.25, -0.2) is 0 Å². The third-order valence-corrected chi connectivity index (χ3v) is 8.57. The van der Waals surface area contributed by atoms with Gasteiger partial charge >= 0.3 is 5.97 Å². The summed E-state index contributed by atoms with van der Waals surface area (Å²) < 4.78 is 11.0. The molecule has 4 nitrogen and oxygen atoms in total. The number of carbonyl (C=O) groups is 1. The maximum Gasteiger partial charge on any atom is 0.309 e. The van der Waals surface area contributed by atoms with E-state index in [9.17, 15) is 4.79 Å². The van der Waals surface area contributed by atoms with E-state index in [0.29, 0.717) is 6.61 Å². The normalized spacial score (nSPS) is 26.8. The SMILES string of the molecule is CCOC(=O)C1CC1c1ccc(OC)c(-c2sc3c(c2C)C(C)(N)CCC3(C)C)c1. The van der Waals surface area contributed by atoms with Crippen molar-refractivity contribution >= 4 is 17.3 Å². The largest absolute Gasteiger partial charge is 0.496 e. The second-order valence-electron chi connectivity index (χ2n) is 9.72. The Labute approximate surface area is 183 Å². The van der Waals surface area contributed by atoms with Crippen LogP contribution in [-0.4, -0.2) is 19.7 Å². The average Bonchev–Trinajstić information content (AvgIpc) is 3.41. The van der Waals surface area contributed by atoms with Gasteiger partial charge in [-0.2, -0.15) is 0 Å². The van der Waals surface area contributed by atoms with E-state index in [0.717, 1.165) is 30.6 Å². The summed E-state index contributed by atoms with van der Waals surface area (Å²) >= 11 is 1.86. The lowest BCUT2D eigenvalue weighted by Crippen LogP contribution is -2.41. The number of esters is 1. The van der Waals surface area contributed by atoms with E-state index in [2.05, 4.69) is 39.8 Å². The minimum Gasteiger partial charge on any atom is -0.496 e. The van der Waals surface area contributed by atoms with E-state index < -0.39 is 0 Å². The van der Waals surface area contributed by atoms with Crippen molar-refractivity contribution in [2.45, 2.75) is 70.8 Å². The summed E-state index contributed by atoms with van der Waals surface area (Å²) in [7, 11) is 1.72. The molecule has 0 bridgehead atoms. The molecule has 0 radical (unpaired) electrons. The number of hydrogen-bond acceptors (Lipinski definition) is 5. The van der Waals surface area contributed by atoms with Crippen LogP contribution >= 0.6 is 11.3 Å². The number of rotatable bonds is 5. The van der Waals surface area contributed by atoms with E-state index in [4.69, 9.17) is 15.2 Å². The molecule has 2 N–H and O–H groups in total. The van der Waals surface area contributed by atoms with Crippen LogP contribution in [0.5, 0.6) is 5.75 Å². The zero-order valence-electron chi connectivity index (χ0n) is 18.9. The number of carbonyl (C=O) groups excluding carboxylic acids is 1. The first-order valence-corrected chi connectivity index (χ1v) is 11.7. The molecule has 4 rings (SSSR count). The number of nitrogens with two attached hydrogens (primary N) is 1. The molecule has 1 heterocycles. The fraction of sp³-hybridized carbons (Fsp3) is 0.560. The van der Waals surface area contributed by atoms with Gasteiger partial charge < -0.3 is 15.2 Å². The van der Waals surface area contributed by atoms with E-state index in [-0.39, 0.29) is 28.8 Å². The lowest BCUT2D eigenvalue weighted by molar-refractivity contribution is -0.144. The summed E-state index contributed by atoms with van der Waals surface area (Å²) in [6, 6.07) is 6.34. The third-order valence-electron chi connectivity index (χ3n) is 6.88. The van der Waals surface area contributed by atoms with Crippen molar-refractivity contribution in [1.82, 2.24) is 0 Å². The number of hydrogen-bond donors (Lipinski definition) is 1. The van der Waals surface area contributed by atoms with Gasteiger partial charge in [0.2, 0.25) is 0 Å². The van der Waals surface area contributed by atoms with Gasteiger partial charge in [0.1, 0.15) is 5.75 Å². The summed E-state index contributed by atoms with van der Waals surface area (Å²) in [5, 5.41) is 0. The number of fused-ring (bicyclic) bond motifs is 1. The first-order chi connectivity index (χ1) is 14.1. The Kier molecular flexibility index (Phi) is 5.26. The van der Waals surface area contributed by atoms with Crippen molar-refractivity contribution in [3.05, 3.63) is 39.8 Å². The maximum absolute atomic E-state index is 12.1. The Morgan fingerprint density at radius 2 is 2.00 bits per heavy atom. The molecule has 3 atom stereocenters. The van der Waals surface area contributed by atoms with Crippen LogP contribution in [0.25, 0.3) is 10.4 Å². The maximum atomic E-state index is 12.1. The molecule has 30 heavy (non-hydrogen) atoms. The van der Waals surface area contributed by atoms with E-state index in [1.807, 2.05) is 24.3 Å². The van der Waals surface area contributed by atoms with Crippen LogP contribution in [0.3, 0.4) is 0 Å². The van der Waals surface area contributed by atoms with Crippen molar-refractivity contribution in [3.63, 3.8) is 0 Å². The molecule has 0 amide bonds. The molecule has 0 spiro atoms. The Morgan fingerprint density at radius 1 is 1.27 bits per heavy atom. The lowest BCUT2D eigenvalue weighted by Gasteiger charge is -2.39. The van der Waals surface area contributed by atoms with Crippen molar-refractivity contribution in [2.75, 3.05) is 13.7 Å². The van der Waals surface area contributed by atoms with E-state index >= 15 is 0 Å². The fourth-order valence-corrected chi connectivity index (χ4v) is 6.55. The van der Waals surface area contributed by atoms with Gasteiger partial charge in [0.25, 0.3) is 0 Å². The molecule has 2 aliphatic rings. The lowest BCUT2D eigenvalue weighted by atomic mass is 9.69. The van der Waals surface area contributed by atoms with Crippen LogP contribution in [0.2, 0.25) is 0 Å². The van der Waals surface area contributed by atoms with Crippen LogP contribution < -0.4 is 10.5 Å². The second-order valence-corrected chi connectivity index (χ2v) is 10.7. The van der Waals surface area contributed by atoms with Gasteiger partial charge in [-0.05, 0) is 80.2 Å². The smallest absolute Gasteiger partial charge is 0.309 e. The van der Waals surface area contributed by atoms with Crippen LogP contribution in [-0.2, 0) is 20.5 Å². The number of benzene rings is 1. The van der Waals surface area contributed by atoms with E-state index in [1.54, 1.807) is 7.11 Å². The summed E-state index contributed by atoms with van der Waals surface area (Å²) in [5.74, 6) is 1.00. The molecule has 0 saturated heterocycles. The molecule has 2 aliphatic carbocycles. The molecule has 162 valence electrons. The topological polar surface area (TPSA) is 61.5 Å². The quantitative estimate of drug-likeness (QED) is 0.627. The molecule has 0 aliphatic heterocycles. The van der Waals surface area contributed by atoms with Crippen molar-refractivity contribution in [3.8, 4) is 16.2 Å². The summed E-state index contributed by atoms with van der Waals surface area (Å²) in [6.45, 7) is 11.3. The van der Waals surface area contributed by atoms with Crippen molar-refractivity contribution < 1.29 is 14.3 Å². The molecular formula is C25H33NO3S. The number of ether oxygens (including phenoxy) is 2. The van der Waals surface area contributed by atoms with Gasteiger partial charge in [0, 0.05) is 20.9 Å². The predicted molar refractivity (Wildman–Crippen MR) is 122 cm³/mol. The Morgan fingerprint density at radius 3 is 2.63 bits per heavy atom. The van der Waals surface area contributed by atoms with E-state index in [1.165, 1.54) is 26.4 Å². The summed E-state index contributed by atoms with van der Waals surface area (Å²) in [4.78, 5) is 14.8. The van der Waals surface area contributed by atoms with Crippen LogP contribution in [0.15, 0.2) is 18.2 Å². The highest BCUT2D eigenvalue weighted by molar-refractivity contribution is 7.16. The zero-order valence-corrected chi connectivity index (χ0v) is 19.7. The molecule has 3 unspecified atom stereocenters. The van der Waals surface area contributed by atoms with Crippen LogP contribution in [0.1, 0.15) is 74.4 Å². The first kappa shape index (κ1) is 21.4. The zero-order chi connectivity index (χ0) is 21.8. The molecule has 1 saturated carbocycles. The first-order valence-electron chi connectivity index (χ1n) is 10.9. The molecule has 1 aromatic heterocycles. The Hall–Kier alpha value is -1.85. The van der Waals surface area contributed by atoms with Gasteiger partial charge in [-0.3, -0.25) is 4.79 Å². The number of thiophene rings is 1. The van der Waals surface area contributed by atoms with Gasteiger partial charge in [0.05, 0.1) is 19.6 Å². The average molecular weight is 428 g/mol. The van der Waals surface area contributed by atoms with Gasteiger partial charge in [-0.15, -0.1) is 11.3 Å². The molecule has 2 aromatic rings. The highest BCUT2D eigenvalue weighted by Gasteiger charge is 2.46. The van der Waals surface area contributed by atoms with Crippen molar-refractivity contribution in [1.29, 1.82) is 0 Å². The van der Waals surface area contributed by atoms with Gasteiger partial charge in [0.15, 0.2) is 0 Å². The highest BCUT2D eigenvalue weighted by Crippen LogP contribution is 2.54. The fourth-order valence-electron chi connectivity index (χ4n) is 4.95. The van der Waals surface area contributed by atoms with Crippen LogP contribution in [0.4, 0.5) is 0 Å². The summed E-state index contributed by atoms with van der Waals surface area (Å²) in [5.41, 5.74) is 11.4. The monoisotopic (exact) mass is 427 g/mol. The Bertz CT molecular complexity index is 989. The standard InChI is InChI=1S/C25H33NO3S/c1-7-29-23(27)17-13-16(17)15-8-9-19(28-6)18(12-15)21-14(2)20-22(30-21)24(3,4)10-11-25(20,5)26/h8-9,12,16-17H,7,10-11,13,26H2,1-6H3. The predicted octanol–water partition coefficient (Wildman–Crippen LogP) is 5.64. The minimum atomic E-state index is -0.306. The molecule has 1 fully saturated rings. The minimum absolute atomic E-state index is 0.0184. The third kappa shape index (κ3) is 3.46. The highest BCUT2D eigenvalue weighted by atomic mass is 32.1. The summed E-state index contributed by atoms with van der Waals surface area (Å²) in [6.07, 6.45) is 2.94. The van der Waals surface area contributed by atoms with Crippen molar-refractivity contribution in [2.24, 2.45) is 11.7 Å². The molecular weight excluding hydrogens is 394 g/mol. The Balaban J connectivity index is 1.78. The van der Waals surface area contributed by atoms with Gasteiger partial charge in [-0.1, -0.05) is 19.9 Å². The number of methoxy groups -OCH3 is 1. The second kappa shape index (κ2) is 7.38. The molecule has 5 heteroatoms.